The molecule has 6 heteroatoms. The van der Waals surface area contributed by atoms with E-state index in [1.165, 1.54) is 6.07 Å². The van der Waals surface area contributed by atoms with Crippen molar-refractivity contribution in [1.29, 1.82) is 0 Å². The molecule has 1 amide bonds. The highest BCUT2D eigenvalue weighted by Crippen LogP contribution is 2.19. The van der Waals surface area contributed by atoms with Gasteiger partial charge in [-0.25, -0.2) is 4.39 Å². The monoisotopic (exact) mass is 351 g/mol. The Morgan fingerprint density at radius 2 is 2.21 bits per heavy atom. The molecule has 0 aliphatic carbocycles. The molecule has 0 bridgehead atoms. The van der Waals surface area contributed by atoms with Crippen LogP contribution in [0.1, 0.15) is 32.3 Å². The molecule has 1 heterocycles. The van der Waals surface area contributed by atoms with Gasteiger partial charge in [0, 0.05) is 25.3 Å². The largest absolute Gasteiger partial charge is 0.356 e. The van der Waals surface area contributed by atoms with Crippen molar-refractivity contribution in [3.63, 3.8) is 0 Å². The molecule has 0 saturated carbocycles. The zero-order valence-corrected chi connectivity index (χ0v) is 15.4. The van der Waals surface area contributed by atoms with E-state index in [0.717, 1.165) is 19.4 Å². The van der Waals surface area contributed by atoms with Crippen molar-refractivity contribution in [3.8, 4) is 0 Å². The van der Waals surface area contributed by atoms with E-state index in [1.54, 1.807) is 13.0 Å². The number of rotatable bonds is 4. The molecule has 132 valence electrons. The lowest BCUT2D eigenvalue weighted by Crippen LogP contribution is -2.47. The van der Waals surface area contributed by atoms with E-state index in [9.17, 15) is 9.18 Å². The van der Waals surface area contributed by atoms with Crippen LogP contribution in [0.5, 0.6) is 0 Å². The van der Waals surface area contributed by atoms with Crippen molar-refractivity contribution in [2.75, 3.05) is 25.0 Å². The molecule has 24 heavy (non-hydrogen) atoms. The number of amides is 1. The smallest absolute Gasteiger partial charge is 0.224 e. The molecule has 0 aromatic heterocycles. The van der Waals surface area contributed by atoms with Crippen molar-refractivity contribution in [2.24, 2.45) is 11.8 Å². The topological polar surface area (TPSA) is 44.4 Å². The third kappa shape index (κ3) is 5.16. The fourth-order valence-corrected chi connectivity index (χ4v) is 2.98. The maximum absolute atomic E-state index is 13.6. The Balaban J connectivity index is 1.92. The van der Waals surface area contributed by atoms with Gasteiger partial charge in [0.25, 0.3) is 0 Å². The minimum atomic E-state index is -0.257. The second kappa shape index (κ2) is 8.42. The zero-order chi connectivity index (χ0) is 17.7. The molecule has 2 rings (SSSR count). The van der Waals surface area contributed by atoms with Gasteiger partial charge in [-0.1, -0.05) is 19.9 Å². The number of carbonyl (C=O) groups is 1. The lowest BCUT2D eigenvalue weighted by Gasteiger charge is -2.34. The Labute approximate surface area is 148 Å². The van der Waals surface area contributed by atoms with E-state index in [-0.39, 0.29) is 17.6 Å². The number of hydrogen-bond acceptors (Lipinski definition) is 2. The van der Waals surface area contributed by atoms with Crippen molar-refractivity contribution < 1.29 is 9.18 Å². The van der Waals surface area contributed by atoms with Gasteiger partial charge in [0.05, 0.1) is 5.92 Å². The van der Waals surface area contributed by atoms with E-state index < -0.39 is 0 Å². The molecule has 1 aromatic carbocycles. The first-order chi connectivity index (χ1) is 11.4. The first kappa shape index (κ1) is 18.6. The van der Waals surface area contributed by atoms with Gasteiger partial charge in [-0.3, -0.25) is 4.79 Å². The van der Waals surface area contributed by atoms with Crippen LogP contribution >= 0.6 is 12.2 Å². The fraction of sp³-hybridized carbons (Fsp3) is 0.556. The number of nitrogens with one attached hydrogen (secondary N) is 2. The van der Waals surface area contributed by atoms with Crippen LogP contribution in [-0.2, 0) is 4.79 Å². The minimum absolute atomic E-state index is 0.0491. The summed E-state index contributed by atoms with van der Waals surface area (Å²) in [6.07, 6.45) is 1.80. The summed E-state index contributed by atoms with van der Waals surface area (Å²) in [6.45, 7) is 7.99. The minimum Gasteiger partial charge on any atom is -0.356 e. The summed E-state index contributed by atoms with van der Waals surface area (Å²) < 4.78 is 13.6. The average Bonchev–Trinajstić information content (AvgIpc) is 2.56. The van der Waals surface area contributed by atoms with Gasteiger partial charge in [0.1, 0.15) is 5.82 Å². The number of thiocarbonyl (C=S) groups is 1. The Morgan fingerprint density at radius 3 is 2.88 bits per heavy atom. The van der Waals surface area contributed by atoms with Crippen LogP contribution in [0.25, 0.3) is 0 Å². The van der Waals surface area contributed by atoms with Gasteiger partial charge >= 0.3 is 0 Å². The maximum atomic E-state index is 13.6. The number of anilines is 1. The Kier molecular flexibility index (Phi) is 6.54. The number of aryl methyl sites for hydroxylation is 1. The summed E-state index contributed by atoms with van der Waals surface area (Å²) in [5, 5.41) is 6.61. The van der Waals surface area contributed by atoms with E-state index >= 15 is 0 Å². The molecule has 1 aromatic rings. The Bertz CT molecular complexity index is 606. The highest BCUT2D eigenvalue weighted by molar-refractivity contribution is 7.80. The van der Waals surface area contributed by atoms with Gasteiger partial charge in [-0.2, -0.15) is 0 Å². The van der Waals surface area contributed by atoms with Crippen LogP contribution < -0.4 is 10.6 Å². The third-order valence-corrected chi connectivity index (χ3v) is 4.55. The molecule has 4 nitrogen and oxygen atoms in total. The number of nitrogens with zero attached hydrogens (tertiary/aromatic N) is 1. The Hall–Kier alpha value is -1.69. The van der Waals surface area contributed by atoms with E-state index in [4.69, 9.17) is 12.2 Å². The molecule has 1 aliphatic rings. The molecule has 1 saturated heterocycles. The van der Waals surface area contributed by atoms with Gasteiger partial charge in [-0.05, 0) is 55.6 Å². The lowest BCUT2D eigenvalue weighted by molar-refractivity contribution is -0.126. The first-order valence-electron chi connectivity index (χ1n) is 8.46. The van der Waals surface area contributed by atoms with Crippen LogP contribution in [0.2, 0.25) is 0 Å². The average molecular weight is 351 g/mol. The molecule has 1 fully saturated rings. The van der Waals surface area contributed by atoms with Crippen LogP contribution in [0.3, 0.4) is 0 Å². The molecular weight excluding hydrogens is 325 g/mol. The zero-order valence-electron chi connectivity index (χ0n) is 14.6. The summed E-state index contributed by atoms with van der Waals surface area (Å²) in [6, 6.07) is 4.97. The second-order valence-electron chi connectivity index (χ2n) is 6.82. The number of piperidine rings is 1. The molecule has 2 N–H and O–H groups in total. The van der Waals surface area contributed by atoms with E-state index in [0.29, 0.717) is 35.4 Å². The predicted octanol–water partition coefficient (Wildman–Crippen LogP) is 3.32. The van der Waals surface area contributed by atoms with Crippen LogP contribution in [0, 0.1) is 24.6 Å². The van der Waals surface area contributed by atoms with Gasteiger partial charge in [0.15, 0.2) is 5.11 Å². The lowest BCUT2D eigenvalue weighted by atomic mass is 9.97. The second-order valence-corrected chi connectivity index (χ2v) is 7.20. The highest BCUT2D eigenvalue weighted by atomic mass is 32.1. The first-order valence-corrected chi connectivity index (χ1v) is 8.87. The van der Waals surface area contributed by atoms with Crippen LogP contribution in [0.4, 0.5) is 10.1 Å². The molecule has 1 unspecified atom stereocenters. The quantitative estimate of drug-likeness (QED) is 0.817. The van der Waals surface area contributed by atoms with E-state index in [2.05, 4.69) is 24.5 Å². The molecule has 0 radical (unpaired) electrons. The predicted molar refractivity (Wildman–Crippen MR) is 99.5 cm³/mol. The van der Waals surface area contributed by atoms with Crippen molar-refractivity contribution in [1.82, 2.24) is 10.2 Å². The standard InChI is InChI=1S/C18H26FN3OS/c1-12(2)10-20-17(23)14-5-4-8-22(11-14)18(24)21-15-7-6-13(3)16(19)9-15/h6-7,9,12,14H,4-5,8,10-11H2,1-3H3,(H,20,23)(H,21,24). The number of hydrogen-bond donors (Lipinski definition) is 2. The summed E-state index contributed by atoms with van der Waals surface area (Å²) in [5.74, 6) is 0.227. The van der Waals surface area contributed by atoms with Crippen LogP contribution in [-0.4, -0.2) is 35.6 Å². The normalized spacial score (nSPS) is 17.7. The van der Waals surface area contributed by atoms with Gasteiger partial charge in [-0.15, -0.1) is 0 Å². The Morgan fingerprint density at radius 1 is 1.46 bits per heavy atom. The summed E-state index contributed by atoms with van der Waals surface area (Å²) in [7, 11) is 0. The summed E-state index contributed by atoms with van der Waals surface area (Å²) in [4.78, 5) is 14.3. The highest BCUT2D eigenvalue weighted by Gasteiger charge is 2.27. The SMILES string of the molecule is Cc1ccc(NC(=S)N2CCCC(C(=O)NCC(C)C)C2)cc1F. The molecule has 0 spiro atoms. The number of likely N-dealkylation sites (tertiary alicyclic amines) is 1. The molecule has 1 atom stereocenters. The number of carbonyl (C=O) groups excluding carboxylic acids is 1. The molecular formula is C18H26FN3OS. The van der Waals surface area contributed by atoms with Gasteiger partial charge < -0.3 is 15.5 Å². The van der Waals surface area contributed by atoms with Crippen molar-refractivity contribution in [3.05, 3.63) is 29.6 Å². The van der Waals surface area contributed by atoms with Crippen LogP contribution in [0.15, 0.2) is 18.2 Å². The van der Waals surface area contributed by atoms with Crippen molar-refractivity contribution in [2.45, 2.75) is 33.6 Å². The summed E-state index contributed by atoms with van der Waals surface area (Å²) in [5.41, 5.74) is 1.24. The van der Waals surface area contributed by atoms with Crippen molar-refractivity contribution >= 4 is 28.9 Å². The number of benzene rings is 1. The maximum Gasteiger partial charge on any atom is 0.224 e. The van der Waals surface area contributed by atoms with Gasteiger partial charge in [0.2, 0.25) is 5.91 Å². The third-order valence-electron chi connectivity index (χ3n) is 4.19. The van der Waals surface area contributed by atoms with E-state index in [1.807, 2.05) is 11.0 Å². The molecule has 1 aliphatic heterocycles. The number of halogens is 1. The fourth-order valence-electron chi connectivity index (χ4n) is 2.70. The summed E-state index contributed by atoms with van der Waals surface area (Å²) >= 11 is 5.44.